The van der Waals surface area contributed by atoms with Crippen LogP contribution in [0.5, 0.6) is 5.75 Å². The van der Waals surface area contributed by atoms with E-state index in [-0.39, 0.29) is 30.3 Å². The predicted molar refractivity (Wildman–Crippen MR) is 139 cm³/mol. The molecule has 2 aromatic rings. The molecule has 0 aliphatic heterocycles. The van der Waals surface area contributed by atoms with Crippen LogP contribution in [0.15, 0.2) is 36.8 Å². The van der Waals surface area contributed by atoms with E-state index in [1.807, 2.05) is 6.92 Å². The molecule has 0 spiro atoms. The van der Waals surface area contributed by atoms with Crippen molar-refractivity contribution in [3.8, 4) is 5.75 Å². The topological polar surface area (TPSA) is 200 Å². The normalized spacial score (nSPS) is 15.0. The molecular weight excluding hydrogens is 500 g/mol. The van der Waals surface area contributed by atoms with E-state index < -0.39 is 47.9 Å². The minimum atomic E-state index is -1.18. The van der Waals surface area contributed by atoms with Gasteiger partial charge in [0.2, 0.25) is 17.7 Å². The maximum atomic E-state index is 13.0. The van der Waals surface area contributed by atoms with Crippen LogP contribution in [0.25, 0.3) is 0 Å². The number of carboxylic acids is 1. The number of nitrogens with zero attached hydrogens (tertiary/aromatic N) is 1. The van der Waals surface area contributed by atoms with E-state index in [2.05, 4.69) is 38.5 Å². The van der Waals surface area contributed by atoms with Crippen molar-refractivity contribution in [2.45, 2.75) is 57.3 Å². The first-order valence-corrected chi connectivity index (χ1v) is 12.4. The van der Waals surface area contributed by atoms with Gasteiger partial charge in [0.25, 0.3) is 0 Å². The Morgan fingerprint density at radius 3 is 2.19 bits per heavy atom. The smallest absolute Gasteiger partial charge is 0.326 e. The number of H-pyrrole nitrogens is 1. The highest BCUT2D eigenvalue weighted by molar-refractivity contribution is 7.80. The molecule has 0 saturated heterocycles. The van der Waals surface area contributed by atoms with Crippen LogP contribution in [0.4, 0.5) is 0 Å². The number of phenolic OH excluding ortho intramolecular Hbond substituents is 1. The van der Waals surface area contributed by atoms with Gasteiger partial charge in [0.05, 0.1) is 12.4 Å². The number of rotatable bonds is 14. The van der Waals surface area contributed by atoms with Gasteiger partial charge < -0.3 is 36.9 Å². The molecule has 2 rings (SSSR count). The minimum absolute atomic E-state index is 0.0119. The fraction of sp³-hybridized carbons (Fsp3) is 0.458. The van der Waals surface area contributed by atoms with Gasteiger partial charge in [-0.3, -0.25) is 14.4 Å². The number of hydrogen-bond acceptors (Lipinski definition) is 8. The van der Waals surface area contributed by atoms with Gasteiger partial charge in [-0.2, -0.15) is 12.6 Å². The molecule has 12 nitrogen and oxygen atoms in total. The molecule has 1 heterocycles. The Bertz CT molecular complexity index is 1050. The van der Waals surface area contributed by atoms with E-state index in [1.54, 1.807) is 19.1 Å². The van der Waals surface area contributed by atoms with Crippen molar-refractivity contribution in [2.24, 2.45) is 11.7 Å². The Hall–Kier alpha value is -3.58. The molecule has 0 bridgehead atoms. The number of aliphatic carboxylic acids is 1. The SMILES string of the molecule is CCC(C)C(NC(=O)C(Cc1cnc[nH]1)NC(=O)C(CS)NC(=O)C(N)Cc1ccc(O)cc1)C(=O)O. The number of nitrogens with one attached hydrogen (secondary N) is 4. The van der Waals surface area contributed by atoms with Crippen LogP contribution < -0.4 is 21.7 Å². The van der Waals surface area contributed by atoms with Gasteiger partial charge in [-0.15, -0.1) is 0 Å². The number of aromatic nitrogens is 2. The lowest BCUT2D eigenvalue weighted by Crippen LogP contribution is -2.58. The first-order valence-electron chi connectivity index (χ1n) is 11.8. The fourth-order valence-corrected chi connectivity index (χ4v) is 3.74. The van der Waals surface area contributed by atoms with Crippen molar-refractivity contribution in [2.75, 3.05) is 5.75 Å². The number of thiol groups is 1. The van der Waals surface area contributed by atoms with Crippen molar-refractivity contribution in [1.29, 1.82) is 0 Å². The molecule has 5 atom stereocenters. The number of amides is 3. The maximum absolute atomic E-state index is 13.0. The largest absolute Gasteiger partial charge is 0.508 e. The number of imidazole rings is 1. The highest BCUT2D eigenvalue weighted by Gasteiger charge is 2.32. The molecule has 8 N–H and O–H groups in total. The van der Waals surface area contributed by atoms with E-state index in [4.69, 9.17) is 5.73 Å². The molecule has 13 heteroatoms. The first kappa shape index (κ1) is 29.6. The minimum Gasteiger partial charge on any atom is -0.508 e. The molecule has 1 aromatic carbocycles. The van der Waals surface area contributed by atoms with E-state index in [1.165, 1.54) is 24.7 Å². The standard InChI is InChI=1S/C24H34N6O6S/c1-3-13(2)20(24(35)36)30-22(33)18(9-15-10-26-12-27-15)28-23(34)19(11-37)29-21(32)17(25)8-14-4-6-16(31)7-5-14/h4-7,10,12-13,17-20,31,37H,3,8-9,11,25H2,1-2H3,(H,26,27)(H,28,34)(H,29,32)(H,30,33)(H,35,36). The molecular formula is C24H34N6O6S. The van der Waals surface area contributed by atoms with E-state index >= 15 is 0 Å². The Kier molecular flexibility index (Phi) is 11.4. The predicted octanol–water partition coefficient (Wildman–Crippen LogP) is -0.257. The summed E-state index contributed by atoms with van der Waals surface area (Å²) in [6, 6.07) is 1.84. The summed E-state index contributed by atoms with van der Waals surface area (Å²) < 4.78 is 0. The van der Waals surface area contributed by atoms with Gasteiger partial charge in [0, 0.05) is 24.1 Å². The third kappa shape index (κ3) is 9.10. The molecule has 0 aliphatic rings. The van der Waals surface area contributed by atoms with Gasteiger partial charge in [0.15, 0.2) is 0 Å². The van der Waals surface area contributed by atoms with Crippen LogP contribution in [0.1, 0.15) is 31.5 Å². The zero-order valence-electron chi connectivity index (χ0n) is 20.7. The Morgan fingerprint density at radius 1 is 1.03 bits per heavy atom. The number of benzene rings is 1. The van der Waals surface area contributed by atoms with Gasteiger partial charge in [-0.1, -0.05) is 32.4 Å². The van der Waals surface area contributed by atoms with Crippen LogP contribution in [0.3, 0.4) is 0 Å². The number of aromatic amines is 1. The van der Waals surface area contributed by atoms with E-state index in [0.29, 0.717) is 12.1 Å². The number of hydrogen-bond donors (Lipinski definition) is 8. The lowest BCUT2D eigenvalue weighted by atomic mass is 9.98. The zero-order valence-corrected chi connectivity index (χ0v) is 21.6. The van der Waals surface area contributed by atoms with Crippen molar-refractivity contribution < 1.29 is 29.4 Å². The molecule has 0 fully saturated rings. The average Bonchev–Trinajstić information content (AvgIpc) is 3.38. The number of nitrogens with two attached hydrogens (primary N) is 1. The Morgan fingerprint density at radius 2 is 1.65 bits per heavy atom. The lowest BCUT2D eigenvalue weighted by molar-refractivity contribution is -0.143. The number of carboxylic acid groups (broad SMARTS) is 1. The van der Waals surface area contributed by atoms with Gasteiger partial charge in [0.1, 0.15) is 23.9 Å². The van der Waals surface area contributed by atoms with Gasteiger partial charge >= 0.3 is 5.97 Å². The summed E-state index contributed by atoms with van der Waals surface area (Å²) in [6.07, 6.45) is 3.60. The molecule has 202 valence electrons. The fourth-order valence-electron chi connectivity index (χ4n) is 3.49. The van der Waals surface area contributed by atoms with Crippen LogP contribution in [-0.2, 0) is 32.0 Å². The van der Waals surface area contributed by atoms with E-state index in [9.17, 15) is 29.4 Å². The molecule has 0 radical (unpaired) electrons. The summed E-state index contributed by atoms with van der Waals surface area (Å²) in [4.78, 5) is 57.1. The third-order valence-electron chi connectivity index (χ3n) is 5.93. The molecule has 37 heavy (non-hydrogen) atoms. The molecule has 0 aliphatic carbocycles. The average molecular weight is 535 g/mol. The summed E-state index contributed by atoms with van der Waals surface area (Å²) in [6.45, 7) is 3.51. The molecule has 0 saturated carbocycles. The summed E-state index contributed by atoms with van der Waals surface area (Å²) in [7, 11) is 0. The summed E-state index contributed by atoms with van der Waals surface area (Å²) in [5.41, 5.74) is 7.25. The van der Waals surface area contributed by atoms with Crippen LogP contribution in [0.2, 0.25) is 0 Å². The number of aromatic hydroxyl groups is 1. The van der Waals surface area contributed by atoms with Gasteiger partial charge in [-0.25, -0.2) is 9.78 Å². The second-order valence-electron chi connectivity index (χ2n) is 8.77. The summed E-state index contributed by atoms with van der Waals surface area (Å²) >= 11 is 4.16. The Labute approximate surface area is 220 Å². The first-order chi connectivity index (χ1) is 17.5. The Balaban J connectivity index is 2.09. The number of carbonyl (C=O) groups excluding carboxylic acids is 3. The second-order valence-corrected chi connectivity index (χ2v) is 9.14. The van der Waals surface area contributed by atoms with E-state index in [0.717, 1.165) is 5.56 Å². The second kappa shape index (κ2) is 14.2. The zero-order chi connectivity index (χ0) is 27.5. The highest BCUT2D eigenvalue weighted by atomic mass is 32.1. The van der Waals surface area contributed by atoms with Crippen LogP contribution in [0, 0.1) is 5.92 Å². The van der Waals surface area contributed by atoms with Crippen molar-refractivity contribution >= 4 is 36.3 Å². The summed E-state index contributed by atoms with van der Waals surface area (Å²) in [5.74, 6) is -3.49. The van der Waals surface area contributed by atoms with Gasteiger partial charge in [-0.05, 0) is 30.0 Å². The monoisotopic (exact) mass is 534 g/mol. The molecule has 1 aromatic heterocycles. The number of carbonyl (C=O) groups is 4. The number of phenols is 1. The summed E-state index contributed by atoms with van der Waals surface area (Å²) in [5, 5.41) is 26.6. The van der Waals surface area contributed by atoms with Crippen molar-refractivity contribution in [1.82, 2.24) is 25.9 Å². The quantitative estimate of drug-likeness (QED) is 0.152. The van der Waals surface area contributed by atoms with Crippen LogP contribution in [-0.4, -0.2) is 73.8 Å². The van der Waals surface area contributed by atoms with Crippen LogP contribution >= 0.6 is 12.6 Å². The molecule has 5 unspecified atom stereocenters. The maximum Gasteiger partial charge on any atom is 0.326 e. The van der Waals surface area contributed by atoms with Crippen molar-refractivity contribution in [3.63, 3.8) is 0 Å². The third-order valence-corrected chi connectivity index (χ3v) is 6.30. The highest BCUT2D eigenvalue weighted by Crippen LogP contribution is 2.12. The molecule has 3 amide bonds. The van der Waals surface area contributed by atoms with Crippen molar-refractivity contribution in [3.05, 3.63) is 48.0 Å². The lowest BCUT2D eigenvalue weighted by Gasteiger charge is -2.26.